The summed E-state index contributed by atoms with van der Waals surface area (Å²) in [5.41, 5.74) is 0.221. The number of nitrogens with zero attached hydrogens (tertiary/aromatic N) is 1. The zero-order valence-corrected chi connectivity index (χ0v) is 11.9. The standard InChI is InChI=1S/C16H17NO4/c1-12-8-9-14(17(19)20)15(10-12)21-11-16(2,18)13-6-4-3-5-7-13/h3-10,18H,11H2,1-2H3. The quantitative estimate of drug-likeness (QED) is 0.677. The van der Waals surface area contributed by atoms with Gasteiger partial charge in [0, 0.05) is 6.07 Å². The average Bonchev–Trinajstić information content (AvgIpc) is 2.46. The van der Waals surface area contributed by atoms with Gasteiger partial charge in [-0.25, -0.2) is 0 Å². The molecule has 5 heteroatoms. The van der Waals surface area contributed by atoms with E-state index in [0.717, 1.165) is 5.56 Å². The molecule has 0 bridgehead atoms. The molecule has 2 aromatic rings. The number of aryl methyl sites for hydroxylation is 1. The van der Waals surface area contributed by atoms with Crippen LogP contribution in [0.15, 0.2) is 48.5 Å². The second kappa shape index (κ2) is 5.93. The Kier molecular flexibility index (Phi) is 4.23. The van der Waals surface area contributed by atoms with Crippen LogP contribution >= 0.6 is 0 Å². The lowest BCUT2D eigenvalue weighted by Gasteiger charge is -2.24. The summed E-state index contributed by atoms with van der Waals surface area (Å²) in [5.74, 6) is 0.163. The van der Waals surface area contributed by atoms with E-state index in [0.29, 0.717) is 5.56 Å². The Morgan fingerprint density at radius 2 is 1.90 bits per heavy atom. The highest BCUT2D eigenvalue weighted by Gasteiger charge is 2.25. The van der Waals surface area contributed by atoms with Crippen LogP contribution in [0, 0.1) is 17.0 Å². The number of nitro benzene ring substituents is 1. The predicted molar refractivity (Wildman–Crippen MR) is 79.3 cm³/mol. The minimum atomic E-state index is -1.22. The van der Waals surface area contributed by atoms with E-state index in [9.17, 15) is 15.2 Å². The van der Waals surface area contributed by atoms with Crippen molar-refractivity contribution in [3.8, 4) is 5.75 Å². The SMILES string of the molecule is Cc1ccc([N+](=O)[O-])c(OCC(C)(O)c2ccccc2)c1. The molecule has 0 aliphatic rings. The first-order valence-electron chi connectivity index (χ1n) is 6.56. The number of ether oxygens (including phenoxy) is 1. The molecule has 1 unspecified atom stereocenters. The summed E-state index contributed by atoms with van der Waals surface area (Å²) in [5, 5.41) is 21.4. The van der Waals surface area contributed by atoms with Gasteiger partial charge >= 0.3 is 5.69 Å². The maximum absolute atomic E-state index is 11.0. The molecule has 0 spiro atoms. The Morgan fingerprint density at radius 1 is 1.24 bits per heavy atom. The summed E-state index contributed by atoms with van der Waals surface area (Å²) >= 11 is 0. The fourth-order valence-electron chi connectivity index (χ4n) is 1.99. The molecule has 2 aromatic carbocycles. The first-order valence-corrected chi connectivity index (χ1v) is 6.56. The number of nitro groups is 1. The predicted octanol–water partition coefficient (Wildman–Crippen LogP) is 3.19. The van der Waals surface area contributed by atoms with E-state index in [4.69, 9.17) is 4.74 Å². The Bertz CT molecular complexity index is 638. The minimum Gasteiger partial charge on any atom is -0.483 e. The molecule has 21 heavy (non-hydrogen) atoms. The molecule has 1 N–H and O–H groups in total. The molecule has 5 nitrogen and oxygen atoms in total. The van der Waals surface area contributed by atoms with Crippen LogP contribution in [-0.2, 0) is 5.60 Å². The summed E-state index contributed by atoms with van der Waals surface area (Å²) in [7, 11) is 0. The molecule has 0 radical (unpaired) electrons. The number of hydrogen-bond donors (Lipinski definition) is 1. The highest BCUT2D eigenvalue weighted by Crippen LogP contribution is 2.30. The van der Waals surface area contributed by atoms with E-state index in [1.165, 1.54) is 6.07 Å². The van der Waals surface area contributed by atoms with E-state index in [2.05, 4.69) is 0 Å². The number of hydrogen-bond acceptors (Lipinski definition) is 4. The Hall–Kier alpha value is -2.40. The van der Waals surface area contributed by atoms with Crippen molar-refractivity contribution in [2.45, 2.75) is 19.4 Å². The Labute approximate surface area is 123 Å². The zero-order chi connectivity index (χ0) is 15.5. The van der Waals surface area contributed by atoms with Crippen molar-refractivity contribution >= 4 is 5.69 Å². The minimum absolute atomic E-state index is 0.0681. The topological polar surface area (TPSA) is 72.6 Å². The van der Waals surface area contributed by atoms with Gasteiger partial charge in [-0.05, 0) is 31.0 Å². The van der Waals surface area contributed by atoms with Crippen molar-refractivity contribution in [1.82, 2.24) is 0 Å². The molecule has 0 amide bonds. The molecule has 0 aliphatic heterocycles. The molecular formula is C16H17NO4. The van der Waals surface area contributed by atoms with Crippen molar-refractivity contribution in [3.05, 3.63) is 69.8 Å². The van der Waals surface area contributed by atoms with Gasteiger partial charge in [-0.3, -0.25) is 10.1 Å². The van der Waals surface area contributed by atoms with Gasteiger partial charge in [0.05, 0.1) is 4.92 Å². The van der Waals surface area contributed by atoms with Gasteiger partial charge in [-0.1, -0.05) is 36.4 Å². The van der Waals surface area contributed by atoms with Gasteiger partial charge in [-0.15, -0.1) is 0 Å². The van der Waals surface area contributed by atoms with Crippen molar-refractivity contribution < 1.29 is 14.8 Å². The van der Waals surface area contributed by atoms with Crippen molar-refractivity contribution in [3.63, 3.8) is 0 Å². The van der Waals surface area contributed by atoms with Gasteiger partial charge in [0.15, 0.2) is 5.75 Å². The number of aliphatic hydroxyl groups is 1. The summed E-state index contributed by atoms with van der Waals surface area (Å²) in [4.78, 5) is 10.5. The second-order valence-corrected chi connectivity index (χ2v) is 5.16. The summed E-state index contributed by atoms with van der Waals surface area (Å²) in [6.45, 7) is 3.37. The van der Waals surface area contributed by atoms with Crippen LogP contribution in [0.2, 0.25) is 0 Å². The van der Waals surface area contributed by atoms with Crippen LogP contribution in [0.3, 0.4) is 0 Å². The monoisotopic (exact) mass is 287 g/mol. The van der Waals surface area contributed by atoms with E-state index in [1.807, 2.05) is 25.1 Å². The molecule has 0 aliphatic carbocycles. The normalized spacial score (nSPS) is 13.5. The smallest absolute Gasteiger partial charge is 0.310 e. The lowest BCUT2D eigenvalue weighted by molar-refractivity contribution is -0.386. The molecule has 0 saturated carbocycles. The van der Waals surface area contributed by atoms with Crippen LogP contribution in [-0.4, -0.2) is 16.6 Å². The van der Waals surface area contributed by atoms with Crippen LogP contribution in [0.1, 0.15) is 18.1 Å². The molecule has 2 rings (SSSR count). The van der Waals surface area contributed by atoms with E-state index in [1.54, 1.807) is 31.2 Å². The van der Waals surface area contributed by atoms with Crippen molar-refractivity contribution in [1.29, 1.82) is 0 Å². The molecule has 0 heterocycles. The van der Waals surface area contributed by atoms with E-state index >= 15 is 0 Å². The van der Waals surface area contributed by atoms with E-state index < -0.39 is 10.5 Å². The lowest BCUT2D eigenvalue weighted by atomic mass is 9.97. The molecule has 0 saturated heterocycles. The third-order valence-electron chi connectivity index (χ3n) is 3.22. The van der Waals surface area contributed by atoms with Crippen LogP contribution in [0.4, 0.5) is 5.69 Å². The van der Waals surface area contributed by atoms with Crippen LogP contribution in [0.25, 0.3) is 0 Å². The summed E-state index contributed by atoms with van der Waals surface area (Å²) in [6.07, 6.45) is 0. The maximum atomic E-state index is 11.0. The number of benzene rings is 2. The van der Waals surface area contributed by atoms with Gasteiger partial charge in [0.1, 0.15) is 12.2 Å². The van der Waals surface area contributed by atoms with Gasteiger partial charge in [-0.2, -0.15) is 0 Å². The molecule has 110 valence electrons. The summed E-state index contributed by atoms with van der Waals surface area (Å²) < 4.78 is 5.51. The van der Waals surface area contributed by atoms with Crippen LogP contribution < -0.4 is 4.74 Å². The van der Waals surface area contributed by atoms with E-state index in [-0.39, 0.29) is 18.0 Å². The average molecular weight is 287 g/mol. The molecule has 0 aromatic heterocycles. The van der Waals surface area contributed by atoms with Crippen molar-refractivity contribution in [2.24, 2.45) is 0 Å². The van der Waals surface area contributed by atoms with Crippen molar-refractivity contribution in [2.75, 3.05) is 6.61 Å². The Morgan fingerprint density at radius 3 is 2.52 bits per heavy atom. The first-order chi connectivity index (χ1) is 9.90. The first kappa shape index (κ1) is 15.0. The summed E-state index contributed by atoms with van der Waals surface area (Å²) in [6, 6.07) is 13.7. The molecule has 1 atom stereocenters. The Balaban J connectivity index is 2.20. The highest BCUT2D eigenvalue weighted by molar-refractivity contribution is 5.48. The van der Waals surface area contributed by atoms with Gasteiger partial charge < -0.3 is 9.84 Å². The lowest BCUT2D eigenvalue weighted by Crippen LogP contribution is -2.29. The number of rotatable bonds is 5. The molecule has 0 fully saturated rings. The largest absolute Gasteiger partial charge is 0.483 e. The second-order valence-electron chi connectivity index (χ2n) is 5.16. The van der Waals surface area contributed by atoms with Gasteiger partial charge in [0.2, 0.25) is 0 Å². The third kappa shape index (κ3) is 3.58. The highest BCUT2D eigenvalue weighted by atomic mass is 16.6. The van der Waals surface area contributed by atoms with Gasteiger partial charge in [0.25, 0.3) is 0 Å². The zero-order valence-electron chi connectivity index (χ0n) is 11.9. The van der Waals surface area contributed by atoms with Crippen LogP contribution in [0.5, 0.6) is 5.75 Å². The molecular weight excluding hydrogens is 270 g/mol. The maximum Gasteiger partial charge on any atom is 0.310 e. The third-order valence-corrected chi connectivity index (χ3v) is 3.22. The fraction of sp³-hybridized carbons (Fsp3) is 0.250. The fourth-order valence-corrected chi connectivity index (χ4v) is 1.99.